The van der Waals surface area contributed by atoms with E-state index in [1.807, 2.05) is 0 Å². The summed E-state index contributed by atoms with van der Waals surface area (Å²) in [6.45, 7) is 3.03. The number of nitrogens with one attached hydrogen (secondary N) is 1. The molecule has 2 unspecified atom stereocenters. The zero-order chi connectivity index (χ0) is 14.5. The summed E-state index contributed by atoms with van der Waals surface area (Å²) in [4.78, 5) is 11.9. The summed E-state index contributed by atoms with van der Waals surface area (Å²) in [5.74, 6) is -0.339. The van der Waals surface area contributed by atoms with E-state index in [1.54, 1.807) is 6.92 Å². The first-order valence-corrected chi connectivity index (χ1v) is 8.56. The minimum atomic E-state index is -3.21. The molecule has 0 aliphatic carbocycles. The van der Waals surface area contributed by atoms with Crippen molar-refractivity contribution in [3.05, 3.63) is 0 Å². The van der Waals surface area contributed by atoms with Gasteiger partial charge in [-0.1, -0.05) is 0 Å². The number of amides is 1. The number of hydrogen-bond donors (Lipinski definition) is 2. The molecule has 1 aliphatic rings. The zero-order valence-corrected chi connectivity index (χ0v) is 12.4. The van der Waals surface area contributed by atoms with Gasteiger partial charge in [0.05, 0.1) is 18.3 Å². The van der Waals surface area contributed by atoms with Crippen molar-refractivity contribution in [3.8, 4) is 0 Å². The van der Waals surface area contributed by atoms with Gasteiger partial charge in [-0.3, -0.25) is 4.79 Å². The highest BCUT2D eigenvalue weighted by molar-refractivity contribution is 7.88. The molecule has 7 heteroatoms. The predicted molar refractivity (Wildman–Crippen MR) is 73.1 cm³/mol. The van der Waals surface area contributed by atoms with Gasteiger partial charge in [-0.05, 0) is 32.6 Å². The van der Waals surface area contributed by atoms with Crippen molar-refractivity contribution < 1.29 is 18.3 Å². The minimum Gasteiger partial charge on any atom is -0.393 e. The first-order chi connectivity index (χ1) is 8.80. The van der Waals surface area contributed by atoms with E-state index >= 15 is 0 Å². The number of carbonyl (C=O) groups excluding carboxylic acids is 1. The number of nitrogens with zero attached hydrogens (tertiary/aromatic N) is 1. The minimum absolute atomic E-state index is 0.0843. The Morgan fingerprint density at radius 2 is 2.21 bits per heavy atom. The molecule has 0 bridgehead atoms. The molecule has 0 radical (unpaired) electrons. The lowest BCUT2D eigenvalue weighted by molar-refractivity contribution is -0.126. The molecule has 0 aromatic carbocycles. The van der Waals surface area contributed by atoms with Crippen molar-refractivity contribution in [1.82, 2.24) is 9.62 Å². The lowest BCUT2D eigenvalue weighted by Crippen LogP contribution is -2.45. The van der Waals surface area contributed by atoms with Crippen molar-refractivity contribution >= 4 is 15.9 Å². The van der Waals surface area contributed by atoms with Gasteiger partial charge in [-0.15, -0.1) is 0 Å². The molecule has 1 rings (SSSR count). The van der Waals surface area contributed by atoms with E-state index < -0.39 is 10.0 Å². The maximum absolute atomic E-state index is 11.9. The van der Waals surface area contributed by atoms with Crippen LogP contribution in [0.5, 0.6) is 0 Å². The standard InChI is InChI=1S/C12H24N2O4S/c1-10(15)5-3-7-13-12(16)11-6-4-8-14(9-11)19(2,17)18/h10-11,15H,3-9H2,1-2H3,(H,13,16). The lowest BCUT2D eigenvalue weighted by atomic mass is 9.99. The van der Waals surface area contributed by atoms with Crippen molar-refractivity contribution in [3.63, 3.8) is 0 Å². The molecular weight excluding hydrogens is 268 g/mol. The van der Waals surface area contributed by atoms with E-state index in [4.69, 9.17) is 5.11 Å². The van der Waals surface area contributed by atoms with Gasteiger partial charge in [0, 0.05) is 19.6 Å². The summed E-state index contributed by atoms with van der Waals surface area (Å²) in [6.07, 6.45) is 3.65. The van der Waals surface area contributed by atoms with Gasteiger partial charge in [-0.25, -0.2) is 12.7 Å². The second-order valence-electron chi connectivity index (χ2n) is 5.24. The van der Waals surface area contributed by atoms with E-state index in [0.717, 1.165) is 19.3 Å². The Bertz CT molecular complexity index is 395. The molecule has 6 nitrogen and oxygen atoms in total. The largest absolute Gasteiger partial charge is 0.393 e. The van der Waals surface area contributed by atoms with Gasteiger partial charge < -0.3 is 10.4 Å². The first kappa shape index (κ1) is 16.4. The van der Waals surface area contributed by atoms with E-state index in [9.17, 15) is 13.2 Å². The number of rotatable bonds is 6. The molecule has 1 heterocycles. The molecule has 0 aromatic heterocycles. The first-order valence-electron chi connectivity index (χ1n) is 6.71. The third kappa shape index (κ3) is 5.88. The smallest absolute Gasteiger partial charge is 0.224 e. The highest BCUT2D eigenvalue weighted by Crippen LogP contribution is 2.18. The Kier molecular flexibility index (Phi) is 6.22. The van der Waals surface area contributed by atoms with E-state index in [1.165, 1.54) is 10.6 Å². The number of carbonyl (C=O) groups is 1. The Morgan fingerprint density at radius 1 is 1.53 bits per heavy atom. The highest BCUT2D eigenvalue weighted by Gasteiger charge is 2.29. The van der Waals surface area contributed by atoms with Crippen molar-refractivity contribution in [1.29, 1.82) is 0 Å². The average Bonchev–Trinajstić information content (AvgIpc) is 2.33. The normalized spacial score (nSPS) is 23.0. The molecule has 112 valence electrons. The Labute approximate surface area is 115 Å². The molecular formula is C12H24N2O4S. The Balaban J connectivity index is 2.36. The summed E-state index contributed by atoms with van der Waals surface area (Å²) >= 11 is 0. The summed E-state index contributed by atoms with van der Waals surface area (Å²) in [5, 5.41) is 11.9. The fraction of sp³-hybridized carbons (Fsp3) is 0.917. The molecule has 2 atom stereocenters. The van der Waals surface area contributed by atoms with Crippen LogP contribution in [0.2, 0.25) is 0 Å². The molecule has 19 heavy (non-hydrogen) atoms. The molecule has 0 spiro atoms. The van der Waals surface area contributed by atoms with Crippen LogP contribution in [0.1, 0.15) is 32.6 Å². The molecule has 1 amide bonds. The number of aliphatic hydroxyl groups excluding tert-OH is 1. The SMILES string of the molecule is CC(O)CCCNC(=O)C1CCCN(S(C)(=O)=O)C1. The molecule has 1 fully saturated rings. The zero-order valence-electron chi connectivity index (χ0n) is 11.6. The van der Waals surface area contributed by atoms with Crippen LogP contribution < -0.4 is 5.32 Å². The number of hydrogen-bond acceptors (Lipinski definition) is 4. The summed E-state index contributed by atoms with van der Waals surface area (Å²) < 4.78 is 24.3. The number of piperidine rings is 1. The van der Waals surface area contributed by atoms with Crippen molar-refractivity contribution in [2.75, 3.05) is 25.9 Å². The van der Waals surface area contributed by atoms with Crippen LogP contribution >= 0.6 is 0 Å². The quantitative estimate of drug-likeness (QED) is 0.671. The van der Waals surface area contributed by atoms with Crippen molar-refractivity contribution in [2.45, 2.75) is 38.7 Å². The topological polar surface area (TPSA) is 86.7 Å². The maximum Gasteiger partial charge on any atom is 0.224 e. The monoisotopic (exact) mass is 292 g/mol. The third-order valence-corrected chi connectivity index (χ3v) is 4.59. The molecule has 0 aromatic rings. The lowest BCUT2D eigenvalue weighted by Gasteiger charge is -2.30. The number of aliphatic hydroxyl groups is 1. The van der Waals surface area contributed by atoms with Crippen LogP contribution in [0.4, 0.5) is 0 Å². The maximum atomic E-state index is 11.9. The third-order valence-electron chi connectivity index (χ3n) is 3.32. The Hall–Kier alpha value is -0.660. The summed E-state index contributed by atoms with van der Waals surface area (Å²) in [7, 11) is -3.21. The summed E-state index contributed by atoms with van der Waals surface area (Å²) in [6, 6.07) is 0. The van der Waals surface area contributed by atoms with Crippen LogP contribution in [0.15, 0.2) is 0 Å². The van der Waals surface area contributed by atoms with Gasteiger partial charge >= 0.3 is 0 Å². The number of sulfonamides is 1. The van der Waals surface area contributed by atoms with Crippen LogP contribution in [0.3, 0.4) is 0 Å². The van der Waals surface area contributed by atoms with Gasteiger partial charge in [-0.2, -0.15) is 0 Å². The fourth-order valence-electron chi connectivity index (χ4n) is 2.21. The van der Waals surface area contributed by atoms with Gasteiger partial charge in [0.25, 0.3) is 0 Å². The van der Waals surface area contributed by atoms with Crippen LogP contribution in [0, 0.1) is 5.92 Å². The van der Waals surface area contributed by atoms with Crippen LogP contribution in [0.25, 0.3) is 0 Å². The van der Waals surface area contributed by atoms with Crippen LogP contribution in [-0.4, -0.2) is 55.7 Å². The second-order valence-corrected chi connectivity index (χ2v) is 7.22. The van der Waals surface area contributed by atoms with Gasteiger partial charge in [0.15, 0.2) is 0 Å². The van der Waals surface area contributed by atoms with E-state index in [-0.39, 0.29) is 24.5 Å². The molecule has 1 saturated heterocycles. The second kappa shape index (κ2) is 7.21. The average molecular weight is 292 g/mol. The summed E-state index contributed by atoms with van der Waals surface area (Å²) in [5.41, 5.74) is 0. The van der Waals surface area contributed by atoms with E-state index in [0.29, 0.717) is 19.5 Å². The fourth-order valence-corrected chi connectivity index (χ4v) is 3.12. The Morgan fingerprint density at radius 3 is 2.79 bits per heavy atom. The van der Waals surface area contributed by atoms with Crippen LogP contribution in [-0.2, 0) is 14.8 Å². The van der Waals surface area contributed by atoms with Gasteiger partial charge in [0.2, 0.25) is 15.9 Å². The molecule has 2 N–H and O–H groups in total. The van der Waals surface area contributed by atoms with E-state index in [2.05, 4.69) is 5.32 Å². The van der Waals surface area contributed by atoms with Gasteiger partial charge in [0.1, 0.15) is 0 Å². The highest BCUT2D eigenvalue weighted by atomic mass is 32.2. The molecule has 0 saturated carbocycles. The predicted octanol–water partition coefficient (Wildman–Crippen LogP) is -0.0648. The molecule has 1 aliphatic heterocycles. The van der Waals surface area contributed by atoms with Crippen molar-refractivity contribution in [2.24, 2.45) is 5.92 Å².